The van der Waals surface area contributed by atoms with Gasteiger partial charge in [-0.05, 0) is 48.9 Å². The first-order valence-corrected chi connectivity index (χ1v) is 9.76. The van der Waals surface area contributed by atoms with E-state index in [1.165, 1.54) is 11.1 Å². The predicted molar refractivity (Wildman–Crippen MR) is 103 cm³/mol. The number of nitrogens with one attached hydrogen (secondary N) is 1. The van der Waals surface area contributed by atoms with Gasteiger partial charge in [-0.25, -0.2) is 0 Å². The van der Waals surface area contributed by atoms with Crippen LogP contribution in [-0.2, 0) is 22.6 Å². The molecule has 1 atom stereocenters. The number of pyridine rings is 1. The second-order valence-electron chi connectivity index (χ2n) is 7.43. The summed E-state index contributed by atoms with van der Waals surface area (Å²) in [4.78, 5) is 31.6. The molecule has 1 aromatic heterocycles. The van der Waals surface area contributed by atoms with Crippen LogP contribution in [0.3, 0.4) is 0 Å². The summed E-state index contributed by atoms with van der Waals surface area (Å²) >= 11 is 0. The van der Waals surface area contributed by atoms with E-state index in [1.54, 1.807) is 6.20 Å². The first-order valence-electron chi connectivity index (χ1n) is 9.76. The first-order chi connectivity index (χ1) is 13.2. The molecule has 2 aromatic rings. The topological polar surface area (TPSA) is 62.3 Å². The van der Waals surface area contributed by atoms with Gasteiger partial charge in [0.2, 0.25) is 11.8 Å². The van der Waals surface area contributed by atoms with Crippen molar-refractivity contribution in [3.8, 4) is 0 Å². The van der Waals surface area contributed by atoms with Crippen LogP contribution in [-0.4, -0.2) is 34.8 Å². The number of piperidine rings is 1. The summed E-state index contributed by atoms with van der Waals surface area (Å²) in [6.07, 6.45) is 5.08. The molecule has 2 amide bonds. The van der Waals surface area contributed by atoms with Crippen molar-refractivity contribution < 1.29 is 9.59 Å². The molecule has 1 saturated heterocycles. The molecule has 1 unspecified atom stereocenters. The van der Waals surface area contributed by atoms with Gasteiger partial charge in [0.15, 0.2) is 0 Å². The maximum Gasteiger partial charge on any atom is 0.230 e. The van der Waals surface area contributed by atoms with E-state index >= 15 is 0 Å². The molecule has 1 fully saturated rings. The van der Waals surface area contributed by atoms with Crippen LogP contribution in [0.5, 0.6) is 0 Å². The molecule has 0 bridgehead atoms. The number of carbonyl (C=O) groups is 2. The number of amides is 2. The van der Waals surface area contributed by atoms with E-state index in [1.807, 2.05) is 35.2 Å². The zero-order chi connectivity index (χ0) is 18.6. The number of hydrogen-bond donors (Lipinski definition) is 1. The molecule has 0 radical (unpaired) electrons. The maximum absolute atomic E-state index is 13.0. The van der Waals surface area contributed by atoms with Crippen molar-refractivity contribution >= 4 is 11.8 Å². The monoisotopic (exact) mass is 363 g/mol. The van der Waals surface area contributed by atoms with Gasteiger partial charge in [0.05, 0.1) is 18.2 Å². The molecule has 27 heavy (non-hydrogen) atoms. The van der Waals surface area contributed by atoms with E-state index in [9.17, 15) is 9.59 Å². The standard InChI is InChI=1S/C22H25N3O2/c26-21(24-15-18-6-3-4-12-23-18)17-10-13-25(14-11-17)22(27)20-9-8-16-5-1-2-7-19(16)20/h1-7,12,17,20H,8-11,13-15H2,(H,24,26). The summed E-state index contributed by atoms with van der Waals surface area (Å²) in [6, 6.07) is 14.0. The summed E-state index contributed by atoms with van der Waals surface area (Å²) in [5.41, 5.74) is 3.36. The van der Waals surface area contributed by atoms with Crippen molar-refractivity contribution in [2.45, 2.75) is 38.1 Å². The van der Waals surface area contributed by atoms with E-state index in [0.29, 0.717) is 19.6 Å². The van der Waals surface area contributed by atoms with Gasteiger partial charge < -0.3 is 10.2 Å². The van der Waals surface area contributed by atoms with Crippen LogP contribution in [0.25, 0.3) is 0 Å². The lowest BCUT2D eigenvalue weighted by Gasteiger charge is -2.33. The van der Waals surface area contributed by atoms with E-state index < -0.39 is 0 Å². The maximum atomic E-state index is 13.0. The molecule has 1 aromatic carbocycles. The van der Waals surface area contributed by atoms with Gasteiger partial charge in [-0.3, -0.25) is 14.6 Å². The highest BCUT2D eigenvalue weighted by Gasteiger charge is 2.34. The Morgan fingerprint density at radius 3 is 2.59 bits per heavy atom. The van der Waals surface area contributed by atoms with Gasteiger partial charge in [-0.2, -0.15) is 0 Å². The molecule has 5 heteroatoms. The van der Waals surface area contributed by atoms with Gasteiger partial charge in [0.25, 0.3) is 0 Å². The normalized spacial score (nSPS) is 19.6. The third-order valence-electron chi connectivity index (χ3n) is 5.78. The molecule has 4 rings (SSSR count). The fourth-order valence-electron chi connectivity index (χ4n) is 4.22. The molecule has 1 aliphatic heterocycles. The number of aromatic nitrogens is 1. The van der Waals surface area contributed by atoms with Crippen molar-refractivity contribution in [1.82, 2.24) is 15.2 Å². The van der Waals surface area contributed by atoms with Crippen LogP contribution in [0.2, 0.25) is 0 Å². The minimum atomic E-state index is -0.0198. The largest absolute Gasteiger partial charge is 0.350 e. The lowest BCUT2D eigenvalue weighted by molar-refractivity contribution is -0.136. The third kappa shape index (κ3) is 3.87. The highest BCUT2D eigenvalue weighted by atomic mass is 16.2. The van der Waals surface area contributed by atoms with Crippen molar-refractivity contribution in [3.05, 3.63) is 65.5 Å². The summed E-state index contributed by atoms with van der Waals surface area (Å²) in [5, 5.41) is 2.98. The average Bonchev–Trinajstić information content (AvgIpc) is 3.16. The first kappa shape index (κ1) is 17.7. The zero-order valence-corrected chi connectivity index (χ0v) is 15.4. The quantitative estimate of drug-likeness (QED) is 0.908. The number of rotatable bonds is 4. The minimum Gasteiger partial charge on any atom is -0.350 e. The number of carbonyl (C=O) groups excluding carboxylic acids is 2. The van der Waals surface area contributed by atoms with Gasteiger partial charge in [-0.15, -0.1) is 0 Å². The number of hydrogen-bond acceptors (Lipinski definition) is 3. The predicted octanol–water partition coefficient (Wildman–Crippen LogP) is 2.67. The summed E-state index contributed by atoms with van der Waals surface area (Å²) < 4.78 is 0. The number of nitrogens with zero attached hydrogens (tertiary/aromatic N) is 2. The number of aryl methyl sites for hydroxylation is 1. The van der Waals surface area contributed by atoms with Gasteiger partial charge >= 0.3 is 0 Å². The van der Waals surface area contributed by atoms with Crippen molar-refractivity contribution in [2.24, 2.45) is 5.92 Å². The van der Waals surface area contributed by atoms with Crippen molar-refractivity contribution in [1.29, 1.82) is 0 Å². The Bertz CT molecular complexity index is 813. The Morgan fingerprint density at radius 2 is 1.81 bits per heavy atom. The van der Waals surface area contributed by atoms with Crippen LogP contribution in [0.4, 0.5) is 0 Å². The summed E-state index contributed by atoms with van der Waals surface area (Å²) in [6.45, 7) is 1.79. The van der Waals surface area contributed by atoms with Crippen LogP contribution >= 0.6 is 0 Å². The Morgan fingerprint density at radius 1 is 1.04 bits per heavy atom. The molecule has 1 N–H and O–H groups in total. The van der Waals surface area contributed by atoms with Gasteiger partial charge in [0, 0.05) is 25.2 Å². The highest BCUT2D eigenvalue weighted by Crippen LogP contribution is 2.35. The lowest BCUT2D eigenvalue weighted by atomic mass is 9.93. The molecular weight excluding hydrogens is 338 g/mol. The SMILES string of the molecule is O=C(NCc1ccccn1)C1CCN(C(=O)C2CCc3ccccc32)CC1. The van der Waals surface area contributed by atoms with E-state index in [2.05, 4.69) is 22.4 Å². The minimum absolute atomic E-state index is 0.00395. The highest BCUT2D eigenvalue weighted by molar-refractivity contribution is 5.85. The average molecular weight is 363 g/mol. The third-order valence-corrected chi connectivity index (χ3v) is 5.78. The molecule has 1 aliphatic carbocycles. The molecule has 140 valence electrons. The van der Waals surface area contributed by atoms with Crippen LogP contribution in [0, 0.1) is 5.92 Å². The number of fused-ring (bicyclic) bond motifs is 1. The molecular formula is C22H25N3O2. The summed E-state index contributed by atoms with van der Waals surface area (Å²) in [5.74, 6) is 0.274. The second kappa shape index (κ2) is 7.91. The molecule has 2 heterocycles. The summed E-state index contributed by atoms with van der Waals surface area (Å²) in [7, 11) is 0. The fraction of sp³-hybridized carbons (Fsp3) is 0.409. The smallest absolute Gasteiger partial charge is 0.230 e. The Kier molecular flexibility index (Phi) is 5.19. The second-order valence-corrected chi connectivity index (χ2v) is 7.43. The van der Waals surface area contributed by atoms with Gasteiger partial charge in [0.1, 0.15) is 0 Å². The van der Waals surface area contributed by atoms with E-state index in [-0.39, 0.29) is 23.7 Å². The van der Waals surface area contributed by atoms with Crippen molar-refractivity contribution in [3.63, 3.8) is 0 Å². The Hall–Kier alpha value is -2.69. The molecule has 0 spiro atoms. The fourth-order valence-corrected chi connectivity index (χ4v) is 4.22. The Balaban J connectivity index is 1.29. The van der Waals surface area contributed by atoms with E-state index in [0.717, 1.165) is 31.4 Å². The number of likely N-dealkylation sites (tertiary alicyclic amines) is 1. The van der Waals surface area contributed by atoms with Crippen molar-refractivity contribution in [2.75, 3.05) is 13.1 Å². The van der Waals surface area contributed by atoms with E-state index in [4.69, 9.17) is 0 Å². The molecule has 2 aliphatic rings. The van der Waals surface area contributed by atoms with Crippen LogP contribution in [0.1, 0.15) is 42.0 Å². The van der Waals surface area contributed by atoms with Crippen LogP contribution in [0.15, 0.2) is 48.7 Å². The lowest BCUT2D eigenvalue weighted by Crippen LogP contribution is -2.44. The van der Waals surface area contributed by atoms with Gasteiger partial charge in [-0.1, -0.05) is 30.3 Å². The Labute approximate surface area is 159 Å². The molecule has 5 nitrogen and oxygen atoms in total. The van der Waals surface area contributed by atoms with Crippen LogP contribution < -0.4 is 5.32 Å². The number of benzene rings is 1. The molecule has 0 saturated carbocycles. The zero-order valence-electron chi connectivity index (χ0n) is 15.4.